The van der Waals surface area contributed by atoms with Gasteiger partial charge in [0.1, 0.15) is 10.8 Å². The third-order valence-electron chi connectivity index (χ3n) is 5.47. The van der Waals surface area contributed by atoms with Crippen molar-refractivity contribution in [1.29, 1.82) is 0 Å². The smallest absolute Gasteiger partial charge is 0.341 e. The molecular formula is C24H30ClNO4S. The van der Waals surface area contributed by atoms with Crippen molar-refractivity contribution in [2.45, 2.75) is 59.8 Å². The minimum atomic E-state index is -0.346. The van der Waals surface area contributed by atoms with Crippen LogP contribution in [0.15, 0.2) is 12.1 Å². The fourth-order valence-electron chi connectivity index (χ4n) is 3.86. The topological polar surface area (TPSA) is 64.6 Å². The number of aryl methyl sites for hydroxylation is 2. The second-order valence-electron chi connectivity index (χ2n) is 8.15. The predicted molar refractivity (Wildman–Crippen MR) is 126 cm³/mol. The first-order chi connectivity index (χ1) is 14.8. The van der Waals surface area contributed by atoms with Gasteiger partial charge in [-0.1, -0.05) is 18.5 Å². The summed E-state index contributed by atoms with van der Waals surface area (Å²) in [5.41, 5.74) is 3.54. The Morgan fingerprint density at radius 3 is 2.65 bits per heavy atom. The highest BCUT2D eigenvalue weighted by molar-refractivity contribution is 7.17. The van der Waals surface area contributed by atoms with Gasteiger partial charge in [0.2, 0.25) is 5.91 Å². The van der Waals surface area contributed by atoms with E-state index < -0.39 is 0 Å². The summed E-state index contributed by atoms with van der Waals surface area (Å²) < 4.78 is 11.0. The molecule has 1 aliphatic rings. The molecule has 0 fully saturated rings. The molecule has 0 saturated carbocycles. The zero-order chi connectivity index (χ0) is 22.5. The molecule has 1 N–H and O–H groups in total. The van der Waals surface area contributed by atoms with E-state index in [0.717, 1.165) is 46.7 Å². The largest absolute Gasteiger partial charge is 0.494 e. The first-order valence-corrected chi connectivity index (χ1v) is 12.0. The summed E-state index contributed by atoms with van der Waals surface area (Å²) in [6.45, 7) is 8.64. The van der Waals surface area contributed by atoms with E-state index in [1.807, 2.05) is 26.0 Å². The van der Waals surface area contributed by atoms with Gasteiger partial charge in [0.05, 0.1) is 18.8 Å². The number of rotatable bonds is 8. The van der Waals surface area contributed by atoms with E-state index in [1.54, 1.807) is 6.92 Å². The van der Waals surface area contributed by atoms with E-state index in [0.29, 0.717) is 42.5 Å². The Balaban J connectivity index is 1.59. The van der Waals surface area contributed by atoms with Crippen molar-refractivity contribution in [3.05, 3.63) is 44.3 Å². The van der Waals surface area contributed by atoms with E-state index in [4.69, 9.17) is 21.1 Å². The maximum absolute atomic E-state index is 12.6. The Morgan fingerprint density at radius 1 is 1.26 bits per heavy atom. The number of ether oxygens (including phenoxy) is 2. The zero-order valence-electron chi connectivity index (χ0n) is 18.6. The average Bonchev–Trinajstić information content (AvgIpc) is 3.06. The van der Waals surface area contributed by atoms with Gasteiger partial charge in [-0.2, -0.15) is 0 Å². The molecule has 5 nitrogen and oxygen atoms in total. The number of halogens is 1. The SMILES string of the molecule is CCOC(=O)c1c(NC(=O)CCCOc2cc(C)c(Cl)c(C)c2)sc2c1CCC(C)C2. The maximum Gasteiger partial charge on any atom is 0.341 e. The number of carbonyl (C=O) groups excluding carboxylic acids is 2. The Labute approximate surface area is 193 Å². The lowest BCUT2D eigenvalue weighted by atomic mass is 9.88. The summed E-state index contributed by atoms with van der Waals surface area (Å²) in [6, 6.07) is 3.80. The zero-order valence-corrected chi connectivity index (χ0v) is 20.2. The van der Waals surface area contributed by atoms with Crippen molar-refractivity contribution < 1.29 is 19.1 Å². The third kappa shape index (κ3) is 5.80. The van der Waals surface area contributed by atoms with E-state index in [2.05, 4.69) is 12.2 Å². The summed E-state index contributed by atoms with van der Waals surface area (Å²) in [6.07, 6.45) is 3.72. The van der Waals surface area contributed by atoms with Crippen LogP contribution in [-0.4, -0.2) is 25.1 Å². The molecule has 0 aliphatic heterocycles. The maximum atomic E-state index is 12.6. The fourth-order valence-corrected chi connectivity index (χ4v) is 5.38. The van der Waals surface area contributed by atoms with Crippen LogP contribution in [0, 0.1) is 19.8 Å². The molecule has 7 heteroatoms. The number of nitrogens with one attached hydrogen (secondary N) is 1. The molecular weight excluding hydrogens is 434 g/mol. The minimum absolute atomic E-state index is 0.121. The molecule has 2 aromatic rings. The number of carbonyl (C=O) groups is 2. The van der Waals surface area contributed by atoms with Gasteiger partial charge in [0, 0.05) is 16.3 Å². The van der Waals surface area contributed by atoms with Gasteiger partial charge in [-0.3, -0.25) is 4.79 Å². The van der Waals surface area contributed by atoms with Crippen molar-refractivity contribution >= 4 is 39.8 Å². The summed E-state index contributed by atoms with van der Waals surface area (Å²) in [5, 5.41) is 4.32. The van der Waals surface area contributed by atoms with Crippen molar-refractivity contribution in [3.63, 3.8) is 0 Å². The number of fused-ring (bicyclic) bond motifs is 1. The monoisotopic (exact) mass is 463 g/mol. The first kappa shape index (κ1) is 23.6. The minimum Gasteiger partial charge on any atom is -0.494 e. The van der Waals surface area contributed by atoms with Crippen LogP contribution in [0.1, 0.15) is 65.0 Å². The van der Waals surface area contributed by atoms with Gasteiger partial charge in [0.15, 0.2) is 0 Å². The summed E-state index contributed by atoms with van der Waals surface area (Å²) in [4.78, 5) is 26.3. The van der Waals surface area contributed by atoms with Gasteiger partial charge in [-0.15, -0.1) is 11.3 Å². The van der Waals surface area contributed by atoms with Crippen LogP contribution in [0.4, 0.5) is 5.00 Å². The Morgan fingerprint density at radius 2 is 1.97 bits per heavy atom. The Hall–Kier alpha value is -2.05. The molecule has 168 valence electrons. The van der Waals surface area contributed by atoms with Crippen molar-refractivity contribution in [2.75, 3.05) is 18.5 Å². The average molecular weight is 464 g/mol. The highest BCUT2D eigenvalue weighted by atomic mass is 35.5. The van der Waals surface area contributed by atoms with E-state index in [-0.39, 0.29) is 11.9 Å². The molecule has 1 heterocycles. The lowest BCUT2D eigenvalue weighted by Gasteiger charge is -2.18. The van der Waals surface area contributed by atoms with Crippen molar-refractivity contribution in [3.8, 4) is 5.75 Å². The van der Waals surface area contributed by atoms with Gasteiger partial charge in [0.25, 0.3) is 0 Å². The quantitative estimate of drug-likeness (QED) is 0.378. The van der Waals surface area contributed by atoms with Crippen molar-refractivity contribution in [2.24, 2.45) is 5.92 Å². The highest BCUT2D eigenvalue weighted by Gasteiger charge is 2.29. The van der Waals surface area contributed by atoms with Crippen molar-refractivity contribution in [1.82, 2.24) is 0 Å². The Kier molecular flexibility index (Phi) is 8.00. The molecule has 31 heavy (non-hydrogen) atoms. The molecule has 0 bridgehead atoms. The van der Waals surface area contributed by atoms with E-state index >= 15 is 0 Å². The molecule has 1 aromatic carbocycles. The van der Waals surface area contributed by atoms with Crippen LogP contribution in [0.2, 0.25) is 5.02 Å². The van der Waals surface area contributed by atoms with Gasteiger partial charge in [-0.25, -0.2) is 4.79 Å². The third-order valence-corrected chi connectivity index (χ3v) is 7.24. The molecule has 1 atom stereocenters. The van der Waals surface area contributed by atoms with E-state index in [9.17, 15) is 9.59 Å². The predicted octanol–water partition coefficient (Wildman–Crippen LogP) is 6.12. The van der Waals surface area contributed by atoms with E-state index in [1.165, 1.54) is 16.2 Å². The van der Waals surface area contributed by atoms with Gasteiger partial charge < -0.3 is 14.8 Å². The molecule has 1 unspecified atom stereocenters. The number of anilines is 1. The molecule has 1 amide bonds. The van der Waals surface area contributed by atoms with Crippen LogP contribution in [0.3, 0.4) is 0 Å². The first-order valence-electron chi connectivity index (χ1n) is 10.8. The molecule has 1 aromatic heterocycles. The van der Waals surface area contributed by atoms with Crippen LogP contribution >= 0.6 is 22.9 Å². The number of thiophene rings is 1. The van der Waals surface area contributed by atoms with Gasteiger partial charge >= 0.3 is 5.97 Å². The molecule has 3 rings (SSSR count). The van der Waals surface area contributed by atoms with Crippen LogP contribution in [-0.2, 0) is 22.4 Å². The number of amides is 1. The highest BCUT2D eigenvalue weighted by Crippen LogP contribution is 2.40. The number of hydrogen-bond acceptors (Lipinski definition) is 5. The lowest BCUT2D eigenvalue weighted by molar-refractivity contribution is -0.116. The normalized spacial score (nSPS) is 15.3. The summed E-state index contributed by atoms with van der Waals surface area (Å²) >= 11 is 7.70. The molecule has 0 spiro atoms. The number of esters is 1. The Bertz CT molecular complexity index is 946. The molecule has 1 aliphatic carbocycles. The molecule has 0 saturated heterocycles. The number of benzene rings is 1. The number of hydrogen-bond donors (Lipinski definition) is 1. The van der Waals surface area contributed by atoms with Gasteiger partial charge in [-0.05, 0) is 81.2 Å². The fraction of sp³-hybridized carbons (Fsp3) is 0.500. The lowest BCUT2D eigenvalue weighted by Crippen LogP contribution is -2.17. The summed E-state index contributed by atoms with van der Waals surface area (Å²) in [7, 11) is 0. The summed E-state index contributed by atoms with van der Waals surface area (Å²) in [5.74, 6) is 0.873. The second kappa shape index (κ2) is 10.5. The standard InChI is InChI=1S/C24H30ClNO4S/c1-5-29-24(28)21-18-9-8-14(2)11-19(18)31-23(21)26-20(27)7-6-10-30-17-12-15(3)22(25)16(4)13-17/h12-14H,5-11H2,1-4H3,(H,26,27). The second-order valence-corrected chi connectivity index (χ2v) is 9.63. The molecule has 0 radical (unpaired) electrons. The van der Waals surface area contributed by atoms with Crippen LogP contribution < -0.4 is 10.1 Å². The van der Waals surface area contributed by atoms with Crippen LogP contribution in [0.25, 0.3) is 0 Å². The van der Waals surface area contributed by atoms with Crippen LogP contribution in [0.5, 0.6) is 5.75 Å².